The van der Waals surface area contributed by atoms with Crippen molar-refractivity contribution in [3.05, 3.63) is 27.7 Å². The van der Waals surface area contributed by atoms with Gasteiger partial charge in [-0.2, -0.15) is 0 Å². The maximum Gasteiger partial charge on any atom is 0.188 e. The molecule has 0 bridgehead atoms. The first-order chi connectivity index (χ1) is 9.72. The van der Waals surface area contributed by atoms with Gasteiger partial charge in [0, 0.05) is 23.0 Å². The summed E-state index contributed by atoms with van der Waals surface area (Å²) >= 11 is 3.54. The van der Waals surface area contributed by atoms with Gasteiger partial charge in [0.15, 0.2) is 5.96 Å². The summed E-state index contributed by atoms with van der Waals surface area (Å²) in [6, 6.07) is 4.18. The number of rotatable bonds is 4. The molecule has 116 valence electrons. The van der Waals surface area contributed by atoms with Crippen molar-refractivity contribution >= 4 is 45.9 Å². The molecule has 3 N–H and O–H groups in total. The Balaban J connectivity index is 0.00000161. The van der Waals surface area contributed by atoms with Crippen molar-refractivity contribution in [1.82, 2.24) is 5.32 Å². The second kappa shape index (κ2) is 7.67. The van der Waals surface area contributed by atoms with E-state index in [0.717, 1.165) is 41.3 Å². The standard InChI is InChI=1S/C15H20BrN3O.HI/c16-13-6-11-4-5-20-14(11)12(7-13)9-19-15(17)18-8-10-2-1-3-10;/h6-7,10H,1-5,8-9H2,(H3,17,18,19);1H. The molecule has 0 radical (unpaired) electrons. The molecule has 1 saturated carbocycles. The summed E-state index contributed by atoms with van der Waals surface area (Å²) in [5, 5.41) is 3.21. The highest BCUT2D eigenvalue weighted by Gasteiger charge is 2.18. The minimum Gasteiger partial charge on any atom is -0.493 e. The van der Waals surface area contributed by atoms with Gasteiger partial charge < -0.3 is 15.8 Å². The number of aliphatic imine (C=N–C) groups is 1. The topological polar surface area (TPSA) is 59.6 Å². The minimum atomic E-state index is 0. The van der Waals surface area contributed by atoms with Crippen LogP contribution in [0.5, 0.6) is 5.75 Å². The Morgan fingerprint density at radius 1 is 1.43 bits per heavy atom. The smallest absolute Gasteiger partial charge is 0.188 e. The quantitative estimate of drug-likeness (QED) is 0.407. The van der Waals surface area contributed by atoms with Crippen LogP contribution in [-0.4, -0.2) is 19.1 Å². The highest BCUT2D eigenvalue weighted by atomic mass is 127. The van der Waals surface area contributed by atoms with Gasteiger partial charge >= 0.3 is 0 Å². The summed E-state index contributed by atoms with van der Waals surface area (Å²) in [7, 11) is 0. The molecule has 3 rings (SSSR count). The fourth-order valence-corrected chi connectivity index (χ4v) is 3.19. The van der Waals surface area contributed by atoms with Gasteiger partial charge in [-0.05, 0) is 36.5 Å². The highest BCUT2D eigenvalue weighted by molar-refractivity contribution is 14.0. The first kappa shape index (κ1) is 16.9. The van der Waals surface area contributed by atoms with Crippen molar-refractivity contribution in [1.29, 1.82) is 0 Å². The maximum absolute atomic E-state index is 5.92. The largest absolute Gasteiger partial charge is 0.493 e. The Hall–Kier alpha value is -0.500. The summed E-state index contributed by atoms with van der Waals surface area (Å²) in [6.45, 7) is 2.27. The second-order valence-electron chi connectivity index (χ2n) is 5.53. The first-order valence-corrected chi connectivity index (χ1v) is 7.99. The monoisotopic (exact) mass is 465 g/mol. The molecule has 0 atom stereocenters. The first-order valence-electron chi connectivity index (χ1n) is 7.20. The fourth-order valence-electron chi connectivity index (χ4n) is 2.64. The van der Waals surface area contributed by atoms with Gasteiger partial charge in [-0.25, -0.2) is 4.99 Å². The lowest BCUT2D eigenvalue weighted by molar-refractivity contribution is 0.315. The molecule has 1 aromatic carbocycles. The number of fused-ring (bicyclic) bond motifs is 1. The third-order valence-corrected chi connectivity index (χ3v) is 4.50. The maximum atomic E-state index is 5.92. The van der Waals surface area contributed by atoms with Crippen molar-refractivity contribution < 1.29 is 4.74 Å². The Morgan fingerprint density at radius 3 is 2.95 bits per heavy atom. The molecule has 1 aliphatic heterocycles. The lowest BCUT2D eigenvalue weighted by Crippen LogP contribution is -2.37. The molecule has 1 aromatic rings. The number of nitrogens with two attached hydrogens (primary N) is 1. The molecule has 4 nitrogen and oxygen atoms in total. The molecule has 0 saturated heterocycles. The number of ether oxygens (including phenoxy) is 1. The number of hydrogen-bond donors (Lipinski definition) is 2. The number of nitrogens with one attached hydrogen (secondary N) is 1. The van der Waals surface area contributed by atoms with E-state index >= 15 is 0 Å². The fraction of sp³-hybridized carbons (Fsp3) is 0.533. The van der Waals surface area contributed by atoms with E-state index in [9.17, 15) is 0 Å². The van der Waals surface area contributed by atoms with Gasteiger partial charge in [0.25, 0.3) is 0 Å². The van der Waals surface area contributed by atoms with Crippen LogP contribution in [-0.2, 0) is 13.0 Å². The molecule has 0 aromatic heterocycles. The molecule has 2 aliphatic rings. The van der Waals surface area contributed by atoms with Gasteiger partial charge in [-0.15, -0.1) is 24.0 Å². The van der Waals surface area contributed by atoms with Crippen LogP contribution in [0.25, 0.3) is 0 Å². The normalized spacial score (nSPS) is 17.5. The minimum absolute atomic E-state index is 0. The van der Waals surface area contributed by atoms with E-state index in [1.807, 2.05) is 0 Å². The van der Waals surface area contributed by atoms with E-state index in [4.69, 9.17) is 10.5 Å². The molecular weight excluding hydrogens is 445 g/mol. The van der Waals surface area contributed by atoms with E-state index < -0.39 is 0 Å². The number of guanidine groups is 1. The van der Waals surface area contributed by atoms with Crippen molar-refractivity contribution in [2.75, 3.05) is 13.2 Å². The Bertz CT molecular complexity index is 532. The van der Waals surface area contributed by atoms with Crippen molar-refractivity contribution in [2.24, 2.45) is 16.6 Å². The van der Waals surface area contributed by atoms with E-state index in [2.05, 4.69) is 38.4 Å². The van der Waals surface area contributed by atoms with Crippen LogP contribution >= 0.6 is 39.9 Å². The zero-order valence-electron chi connectivity index (χ0n) is 11.9. The number of nitrogens with zero attached hydrogens (tertiary/aromatic N) is 1. The van der Waals surface area contributed by atoms with E-state index in [1.165, 1.54) is 24.8 Å². The molecule has 0 amide bonds. The number of benzene rings is 1. The molecule has 1 heterocycles. The molecule has 1 aliphatic carbocycles. The third-order valence-electron chi connectivity index (χ3n) is 4.04. The zero-order valence-corrected chi connectivity index (χ0v) is 15.8. The SMILES string of the molecule is I.NC(=NCc1cc(Br)cc2c1OCC2)NCC1CCC1. The van der Waals surface area contributed by atoms with E-state index in [0.29, 0.717) is 12.5 Å². The molecule has 6 heteroatoms. The predicted octanol–water partition coefficient (Wildman–Crippen LogP) is 3.21. The third kappa shape index (κ3) is 4.25. The van der Waals surface area contributed by atoms with Crippen molar-refractivity contribution in [2.45, 2.75) is 32.2 Å². The average Bonchev–Trinajstić information content (AvgIpc) is 2.82. The van der Waals surface area contributed by atoms with Gasteiger partial charge in [-0.1, -0.05) is 22.4 Å². The van der Waals surface area contributed by atoms with Crippen molar-refractivity contribution in [3.63, 3.8) is 0 Å². The van der Waals surface area contributed by atoms with Gasteiger partial charge in [0.1, 0.15) is 5.75 Å². The lowest BCUT2D eigenvalue weighted by Gasteiger charge is -2.25. The predicted molar refractivity (Wildman–Crippen MR) is 99.4 cm³/mol. The lowest BCUT2D eigenvalue weighted by atomic mass is 9.85. The molecule has 0 unspecified atom stereocenters. The van der Waals surface area contributed by atoms with Crippen LogP contribution in [0.3, 0.4) is 0 Å². The van der Waals surface area contributed by atoms with Crippen LogP contribution in [0.2, 0.25) is 0 Å². The van der Waals surface area contributed by atoms with Gasteiger partial charge in [0.05, 0.1) is 13.2 Å². The average molecular weight is 466 g/mol. The van der Waals surface area contributed by atoms with Crippen LogP contribution in [0.15, 0.2) is 21.6 Å². The second-order valence-corrected chi connectivity index (χ2v) is 6.45. The Labute approximate surface area is 151 Å². The van der Waals surface area contributed by atoms with Crippen LogP contribution < -0.4 is 15.8 Å². The van der Waals surface area contributed by atoms with Crippen LogP contribution in [0.1, 0.15) is 30.4 Å². The summed E-state index contributed by atoms with van der Waals surface area (Å²) < 4.78 is 6.77. The van der Waals surface area contributed by atoms with Crippen LogP contribution in [0, 0.1) is 5.92 Å². The molecule has 0 spiro atoms. The molecular formula is C15H21BrIN3O. The molecule has 1 fully saturated rings. The summed E-state index contributed by atoms with van der Waals surface area (Å²) in [4.78, 5) is 4.43. The Kier molecular flexibility index (Phi) is 6.16. The highest BCUT2D eigenvalue weighted by Crippen LogP contribution is 2.33. The van der Waals surface area contributed by atoms with E-state index in [1.54, 1.807) is 0 Å². The summed E-state index contributed by atoms with van der Waals surface area (Å²) in [5.74, 6) is 2.30. The summed E-state index contributed by atoms with van der Waals surface area (Å²) in [6.07, 6.45) is 4.95. The number of halogens is 2. The van der Waals surface area contributed by atoms with Gasteiger partial charge in [-0.3, -0.25) is 0 Å². The van der Waals surface area contributed by atoms with Crippen molar-refractivity contribution in [3.8, 4) is 5.75 Å². The zero-order chi connectivity index (χ0) is 13.9. The Morgan fingerprint density at radius 2 is 2.24 bits per heavy atom. The molecule has 21 heavy (non-hydrogen) atoms. The van der Waals surface area contributed by atoms with E-state index in [-0.39, 0.29) is 24.0 Å². The van der Waals surface area contributed by atoms with Crippen LogP contribution in [0.4, 0.5) is 0 Å². The number of hydrogen-bond acceptors (Lipinski definition) is 2. The van der Waals surface area contributed by atoms with Gasteiger partial charge in [0.2, 0.25) is 0 Å². The summed E-state index contributed by atoms with van der Waals surface area (Å²) in [5.41, 5.74) is 8.27.